The lowest BCUT2D eigenvalue weighted by Crippen LogP contribution is -2.54. The van der Waals surface area contributed by atoms with Crippen LogP contribution in [-0.2, 0) is 27.3 Å². The number of aromatic hydroxyl groups is 1. The van der Waals surface area contributed by atoms with Crippen LogP contribution in [0, 0.1) is 6.92 Å². The summed E-state index contributed by atoms with van der Waals surface area (Å²) in [4.78, 5) is 42.8. The monoisotopic (exact) mass is 557 g/mol. The molecule has 1 aliphatic rings. The first-order valence-electron chi connectivity index (χ1n) is 14.0. The highest BCUT2D eigenvalue weighted by atomic mass is 16.6. The van der Waals surface area contributed by atoms with Crippen LogP contribution < -0.4 is 10.6 Å². The number of hydrogen-bond donors (Lipinski definition) is 3. The van der Waals surface area contributed by atoms with Gasteiger partial charge >= 0.3 is 6.09 Å². The molecule has 3 aromatic carbocycles. The van der Waals surface area contributed by atoms with E-state index in [0.717, 1.165) is 11.1 Å². The number of nitrogens with zero attached hydrogens (tertiary/aromatic N) is 1. The van der Waals surface area contributed by atoms with Crippen LogP contribution in [-0.4, -0.2) is 45.6 Å². The van der Waals surface area contributed by atoms with E-state index in [9.17, 15) is 19.5 Å². The Morgan fingerprint density at radius 2 is 1.54 bits per heavy atom. The fraction of sp³-hybridized carbons (Fsp3) is 0.364. The number of hydrogen-bond acceptors (Lipinski definition) is 5. The first kappa shape index (κ1) is 29.6. The van der Waals surface area contributed by atoms with Crippen LogP contribution >= 0.6 is 0 Å². The van der Waals surface area contributed by atoms with E-state index in [0.29, 0.717) is 24.0 Å². The smallest absolute Gasteiger partial charge is 0.408 e. The van der Waals surface area contributed by atoms with E-state index in [2.05, 4.69) is 10.6 Å². The molecule has 2 atom stereocenters. The van der Waals surface area contributed by atoms with Crippen LogP contribution in [0.5, 0.6) is 5.75 Å². The number of rotatable bonds is 10. The zero-order valence-electron chi connectivity index (χ0n) is 24.1. The lowest BCUT2D eigenvalue weighted by molar-refractivity contribution is -0.143. The van der Waals surface area contributed by atoms with Crippen molar-refractivity contribution >= 4 is 17.9 Å². The Kier molecular flexibility index (Phi) is 9.32. The van der Waals surface area contributed by atoms with Crippen LogP contribution in [0.4, 0.5) is 4.79 Å². The van der Waals surface area contributed by atoms with Gasteiger partial charge in [-0.1, -0.05) is 78.9 Å². The quantitative estimate of drug-likeness (QED) is 0.318. The molecule has 216 valence electrons. The lowest BCUT2D eigenvalue weighted by atomic mass is 9.97. The zero-order chi connectivity index (χ0) is 29.6. The van der Waals surface area contributed by atoms with Gasteiger partial charge in [0.15, 0.2) is 0 Å². The molecule has 8 heteroatoms. The molecule has 3 aromatic rings. The topological polar surface area (TPSA) is 108 Å². The highest BCUT2D eigenvalue weighted by molar-refractivity contribution is 5.93. The summed E-state index contributed by atoms with van der Waals surface area (Å²) in [6.45, 7) is 7.28. The number of phenols is 1. The molecule has 0 bridgehead atoms. The zero-order valence-corrected chi connectivity index (χ0v) is 24.1. The summed E-state index contributed by atoms with van der Waals surface area (Å²) < 4.78 is 5.49. The summed E-state index contributed by atoms with van der Waals surface area (Å²) >= 11 is 0. The average Bonchev–Trinajstić information content (AvgIpc) is 3.77. The van der Waals surface area contributed by atoms with E-state index in [1.54, 1.807) is 50.8 Å². The molecule has 0 heterocycles. The van der Waals surface area contributed by atoms with Gasteiger partial charge in [0.2, 0.25) is 11.8 Å². The Labute approximate surface area is 241 Å². The Morgan fingerprint density at radius 1 is 0.927 bits per heavy atom. The minimum absolute atomic E-state index is 0.0366. The van der Waals surface area contributed by atoms with Crippen molar-refractivity contribution in [2.75, 3.05) is 0 Å². The SMILES string of the molecule is Cc1cccc(C(C(=O)NCc2ccccc2)N(C(=O)C(Cc2ccccc2)NC(=O)OC(C)(C)C)C2CC2)c1O. The number of ether oxygens (including phenoxy) is 1. The van der Waals surface area contributed by atoms with Crippen molar-refractivity contribution in [1.82, 2.24) is 15.5 Å². The maximum absolute atomic E-state index is 14.4. The first-order valence-corrected chi connectivity index (χ1v) is 14.0. The number of para-hydroxylation sites is 1. The Hall–Kier alpha value is -4.33. The number of phenolic OH excluding ortho intramolecular Hbond substituents is 1. The van der Waals surface area contributed by atoms with E-state index in [4.69, 9.17) is 4.74 Å². The number of benzene rings is 3. The highest BCUT2D eigenvalue weighted by Gasteiger charge is 2.45. The molecule has 3 amide bonds. The molecule has 4 rings (SSSR count). The van der Waals surface area contributed by atoms with E-state index >= 15 is 0 Å². The summed E-state index contributed by atoms with van der Waals surface area (Å²) in [5.74, 6) is -0.862. The summed E-state index contributed by atoms with van der Waals surface area (Å²) in [7, 11) is 0. The number of aryl methyl sites for hydroxylation is 1. The van der Waals surface area contributed by atoms with Gasteiger partial charge in [0.05, 0.1) is 0 Å². The van der Waals surface area contributed by atoms with Crippen molar-refractivity contribution in [3.8, 4) is 5.75 Å². The third-order valence-corrected chi connectivity index (χ3v) is 6.87. The Morgan fingerprint density at radius 3 is 2.12 bits per heavy atom. The molecule has 41 heavy (non-hydrogen) atoms. The fourth-order valence-corrected chi connectivity index (χ4v) is 4.75. The van der Waals surface area contributed by atoms with Gasteiger partial charge in [-0.05, 0) is 57.2 Å². The first-order chi connectivity index (χ1) is 19.5. The second kappa shape index (κ2) is 12.9. The van der Waals surface area contributed by atoms with Gasteiger partial charge in [0, 0.05) is 24.6 Å². The summed E-state index contributed by atoms with van der Waals surface area (Å²) in [6.07, 6.45) is 0.919. The van der Waals surface area contributed by atoms with Crippen molar-refractivity contribution in [3.63, 3.8) is 0 Å². The van der Waals surface area contributed by atoms with Crippen LogP contribution in [0.1, 0.15) is 61.9 Å². The van der Waals surface area contributed by atoms with Crippen molar-refractivity contribution in [2.24, 2.45) is 0 Å². The number of carbonyl (C=O) groups is 3. The molecule has 1 saturated carbocycles. The minimum Gasteiger partial charge on any atom is -0.507 e. The molecular formula is C33H39N3O5. The molecule has 0 radical (unpaired) electrons. The van der Waals surface area contributed by atoms with Gasteiger partial charge in [0.1, 0.15) is 23.4 Å². The molecule has 0 aliphatic heterocycles. The maximum Gasteiger partial charge on any atom is 0.408 e. The van der Waals surface area contributed by atoms with E-state index in [-0.39, 0.29) is 24.8 Å². The normalized spacial score (nSPS) is 14.4. The lowest BCUT2D eigenvalue weighted by Gasteiger charge is -2.35. The van der Waals surface area contributed by atoms with Gasteiger partial charge in [-0.3, -0.25) is 9.59 Å². The molecule has 3 N–H and O–H groups in total. The van der Waals surface area contributed by atoms with Gasteiger partial charge in [0.25, 0.3) is 0 Å². The number of alkyl carbamates (subject to hydrolysis) is 1. The van der Waals surface area contributed by atoms with E-state index in [1.807, 2.05) is 60.7 Å². The van der Waals surface area contributed by atoms with Crippen LogP contribution in [0.15, 0.2) is 78.9 Å². The average molecular weight is 558 g/mol. The van der Waals surface area contributed by atoms with Crippen molar-refractivity contribution in [3.05, 3.63) is 101 Å². The molecular weight excluding hydrogens is 518 g/mol. The Balaban J connectivity index is 1.70. The number of carbonyl (C=O) groups excluding carboxylic acids is 3. The molecule has 0 saturated heterocycles. The third kappa shape index (κ3) is 8.10. The predicted molar refractivity (Wildman–Crippen MR) is 157 cm³/mol. The number of amides is 3. The minimum atomic E-state index is -1.10. The van der Waals surface area contributed by atoms with Gasteiger partial charge in [-0.2, -0.15) is 0 Å². The predicted octanol–water partition coefficient (Wildman–Crippen LogP) is 5.19. The summed E-state index contributed by atoms with van der Waals surface area (Å²) in [5.41, 5.74) is 1.94. The molecule has 1 fully saturated rings. The second-order valence-electron chi connectivity index (χ2n) is 11.5. The fourth-order valence-electron chi connectivity index (χ4n) is 4.75. The molecule has 1 aliphatic carbocycles. The van der Waals surface area contributed by atoms with Gasteiger partial charge in [-0.15, -0.1) is 0 Å². The second-order valence-corrected chi connectivity index (χ2v) is 11.5. The van der Waals surface area contributed by atoms with Gasteiger partial charge < -0.3 is 25.4 Å². The molecule has 8 nitrogen and oxygen atoms in total. The highest BCUT2D eigenvalue weighted by Crippen LogP contribution is 2.39. The number of nitrogens with one attached hydrogen (secondary N) is 2. The summed E-state index contributed by atoms with van der Waals surface area (Å²) in [6, 6.07) is 21.8. The molecule has 2 unspecified atom stereocenters. The van der Waals surface area contributed by atoms with Crippen molar-refractivity contribution in [1.29, 1.82) is 0 Å². The van der Waals surface area contributed by atoms with Crippen LogP contribution in [0.25, 0.3) is 0 Å². The molecule has 0 spiro atoms. The van der Waals surface area contributed by atoms with Crippen molar-refractivity contribution < 1.29 is 24.2 Å². The third-order valence-electron chi connectivity index (χ3n) is 6.87. The van der Waals surface area contributed by atoms with Crippen LogP contribution in [0.3, 0.4) is 0 Å². The Bertz CT molecular complexity index is 1350. The van der Waals surface area contributed by atoms with E-state index < -0.39 is 35.6 Å². The van der Waals surface area contributed by atoms with Crippen LogP contribution in [0.2, 0.25) is 0 Å². The largest absolute Gasteiger partial charge is 0.507 e. The summed E-state index contributed by atoms with van der Waals surface area (Å²) in [5, 5.41) is 16.8. The maximum atomic E-state index is 14.4. The standard InChI is InChI=1S/C33H39N3O5/c1-22-12-11-17-26(29(22)37)28(30(38)34-21-24-15-9-6-10-16-24)36(25-18-19-25)31(39)27(20-23-13-7-5-8-14-23)35-32(40)41-33(2,3)4/h5-17,25,27-28,37H,18-21H2,1-4H3,(H,34,38)(H,35,40). The van der Waals surface area contributed by atoms with Gasteiger partial charge in [-0.25, -0.2) is 4.79 Å². The van der Waals surface area contributed by atoms with E-state index in [1.165, 1.54) is 0 Å². The molecule has 0 aromatic heterocycles. The van der Waals surface area contributed by atoms with Crippen molar-refractivity contribution in [2.45, 2.75) is 77.2 Å².